The summed E-state index contributed by atoms with van der Waals surface area (Å²) < 4.78 is 0. The third-order valence-electron chi connectivity index (χ3n) is 6.91. The van der Waals surface area contributed by atoms with Crippen molar-refractivity contribution in [3.63, 3.8) is 0 Å². The summed E-state index contributed by atoms with van der Waals surface area (Å²) in [7, 11) is 0. The van der Waals surface area contributed by atoms with Crippen molar-refractivity contribution in [2.75, 3.05) is 58.9 Å². The van der Waals surface area contributed by atoms with E-state index in [1.165, 1.54) is 0 Å². The molecule has 1 aromatic rings. The first kappa shape index (κ1) is 36.3. The number of carbonyl (C=O) groups excluding carboxylic acids is 1. The van der Waals surface area contributed by atoms with Gasteiger partial charge in [0.15, 0.2) is 5.60 Å². The van der Waals surface area contributed by atoms with E-state index in [0.29, 0.717) is 44.2 Å². The highest BCUT2D eigenvalue weighted by Crippen LogP contribution is 2.18. The molecule has 1 aromatic carbocycles. The maximum absolute atomic E-state index is 12.8. The Bertz CT molecular complexity index is 1040. The first-order valence-electron chi connectivity index (χ1n) is 14.4. The Labute approximate surface area is 248 Å². The standard InChI is InChI=1S/C29H46N6O7/c1-5-32(6-2)18-16-31-28(35(23-30)42-26(38)22-29(41,27(39)40)21-25(36)37)34(20-19-33(7-3)8-4)17-12-15-24-13-10-9-11-14-24/h9-11,13-14,41H,5-8,12,15-22H2,1-4H3,(H,36,37)(H,39,40). The molecule has 0 radical (unpaired) electrons. The molecule has 42 heavy (non-hydrogen) atoms. The van der Waals surface area contributed by atoms with Crippen LogP contribution < -0.4 is 0 Å². The van der Waals surface area contributed by atoms with Crippen LogP contribution in [0.25, 0.3) is 0 Å². The lowest BCUT2D eigenvalue weighted by Gasteiger charge is -2.31. The summed E-state index contributed by atoms with van der Waals surface area (Å²) in [6, 6.07) is 9.94. The van der Waals surface area contributed by atoms with Crippen LogP contribution in [-0.4, -0.2) is 123 Å². The van der Waals surface area contributed by atoms with E-state index < -0.39 is 36.4 Å². The maximum atomic E-state index is 12.8. The third kappa shape index (κ3) is 12.8. The average Bonchev–Trinajstić information content (AvgIpc) is 2.96. The van der Waals surface area contributed by atoms with Crippen molar-refractivity contribution >= 4 is 23.9 Å². The van der Waals surface area contributed by atoms with E-state index >= 15 is 0 Å². The van der Waals surface area contributed by atoms with Gasteiger partial charge < -0.3 is 34.9 Å². The van der Waals surface area contributed by atoms with Crippen molar-refractivity contribution in [3.8, 4) is 6.19 Å². The van der Waals surface area contributed by atoms with Crippen molar-refractivity contribution in [2.45, 2.75) is 59.0 Å². The second-order valence-corrected chi connectivity index (χ2v) is 9.75. The molecule has 0 amide bonds. The Hall–Kier alpha value is -3.73. The van der Waals surface area contributed by atoms with Crippen molar-refractivity contribution in [2.24, 2.45) is 4.99 Å². The van der Waals surface area contributed by atoms with Gasteiger partial charge in [-0.25, -0.2) is 14.6 Å². The van der Waals surface area contributed by atoms with Gasteiger partial charge in [-0.2, -0.15) is 5.26 Å². The normalized spacial score (nSPS) is 13.0. The van der Waals surface area contributed by atoms with Crippen LogP contribution >= 0.6 is 0 Å². The molecule has 0 aliphatic rings. The van der Waals surface area contributed by atoms with Gasteiger partial charge in [-0.05, 0) is 44.6 Å². The number of nitriles is 1. The fourth-order valence-electron chi connectivity index (χ4n) is 4.30. The summed E-state index contributed by atoms with van der Waals surface area (Å²) in [6.45, 7) is 13.9. The second-order valence-electron chi connectivity index (χ2n) is 9.75. The Morgan fingerprint density at radius 2 is 1.50 bits per heavy atom. The van der Waals surface area contributed by atoms with E-state index in [9.17, 15) is 29.9 Å². The molecule has 0 heterocycles. The molecule has 1 rings (SSSR count). The fourth-order valence-corrected chi connectivity index (χ4v) is 4.30. The molecule has 0 saturated heterocycles. The van der Waals surface area contributed by atoms with Gasteiger partial charge >= 0.3 is 17.9 Å². The number of likely N-dealkylation sites (N-methyl/N-ethyl adjacent to an activating group) is 2. The molecular formula is C29H46N6O7. The van der Waals surface area contributed by atoms with Gasteiger partial charge in [-0.15, -0.1) is 0 Å². The number of aryl methyl sites for hydroxylation is 1. The highest BCUT2D eigenvalue weighted by Gasteiger charge is 2.42. The molecule has 1 unspecified atom stereocenters. The van der Waals surface area contributed by atoms with E-state index in [2.05, 4.69) is 14.8 Å². The quantitative estimate of drug-likeness (QED) is 0.0704. The average molecular weight is 591 g/mol. The zero-order chi connectivity index (χ0) is 31.5. The summed E-state index contributed by atoms with van der Waals surface area (Å²) in [4.78, 5) is 51.5. The molecule has 0 saturated carbocycles. The second kappa shape index (κ2) is 19.4. The van der Waals surface area contributed by atoms with Gasteiger partial charge in [-0.3, -0.25) is 4.79 Å². The van der Waals surface area contributed by atoms with Gasteiger partial charge in [0.2, 0.25) is 12.2 Å². The molecule has 234 valence electrons. The Morgan fingerprint density at radius 3 is 2.02 bits per heavy atom. The highest BCUT2D eigenvalue weighted by atomic mass is 16.7. The van der Waals surface area contributed by atoms with Crippen LogP contribution in [0.3, 0.4) is 0 Å². The van der Waals surface area contributed by atoms with Crippen molar-refractivity contribution in [1.29, 1.82) is 5.26 Å². The number of aliphatic carboxylic acids is 2. The number of carbonyl (C=O) groups is 3. The van der Waals surface area contributed by atoms with Crippen LogP contribution in [0.5, 0.6) is 0 Å². The molecule has 3 N–H and O–H groups in total. The van der Waals surface area contributed by atoms with E-state index in [0.717, 1.165) is 38.2 Å². The number of nitrogens with zero attached hydrogens (tertiary/aromatic N) is 6. The van der Waals surface area contributed by atoms with Gasteiger partial charge in [-0.1, -0.05) is 63.1 Å². The number of carboxylic acid groups (broad SMARTS) is 2. The number of guanidine groups is 1. The van der Waals surface area contributed by atoms with Crippen molar-refractivity contribution < 1.29 is 34.5 Å². The molecule has 0 spiro atoms. The molecule has 0 aliphatic carbocycles. The number of hydrogen-bond acceptors (Lipinski definition) is 9. The van der Waals surface area contributed by atoms with Crippen molar-refractivity contribution in [1.82, 2.24) is 19.8 Å². The summed E-state index contributed by atoms with van der Waals surface area (Å²) in [5.41, 5.74) is -1.75. The molecule has 13 nitrogen and oxygen atoms in total. The molecule has 0 aliphatic heterocycles. The highest BCUT2D eigenvalue weighted by molar-refractivity contribution is 5.89. The smallest absolute Gasteiger partial charge is 0.337 e. The SMILES string of the molecule is CCN(CC)CCN=C(N(CCCc1ccccc1)CCN(CC)CC)N(C#N)OC(=O)CC(O)(CC(=O)O)C(=O)O. The molecule has 1 atom stereocenters. The van der Waals surface area contributed by atoms with Crippen LogP contribution in [0.2, 0.25) is 0 Å². The van der Waals surface area contributed by atoms with Gasteiger partial charge in [0.25, 0.3) is 0 Å². The third-order valence-corrected chi connectivity index (χ3v) is 6.91. The molecule has 0 bridgehead atoms. The summed E-state index contributed by atoms with van der Waals surface area (Å²) in [5, 5.41) is 39.3. The van der Waals surface area contributed by atoms with Gasteiger partial charge in [0.1, 0.15) is 0 Å². The Kier molecular flexibility index (Phi) is 16.8. The molecular weight excluding hydrogens is 544 g/mol. The van der Waals surface area contributed by atoms with E-state index in [1.807, 2.05) is 62.9 Å². The predicted molar refractivity (Wildman–Crippen MR) is 157 cm³/mol. The lowest BCUT2D eigenvalue weighted by atomic mass is 9.96. The van der Waals surface area contributed by atoms with E-state index in [1.54, 1.807) is 6.19 Å². The van der Waals surface area contributed by atoms with Crippen LogP contribution in [0.4, 0.5) is 0 Å². The topological polar surface area (TPSA) is 170 Å². The number of aliphatic imine (C=N–C) groups is 1. The lowest BCUT2D eigenvalue weighted by Crippen LogP contribution is -2.48. The first-order valence-corrected chi connectivity index (χ1v) is 14.4. The summed E-state index contributed by atoms with van der Waals surface area (Å²) in [5.74, 6) is -4.70. The van der Waals surface area contributed by atoms with E-state index in [-0.39, 0.29) is 5.96 Å². The van der Waals surface area contributed by atoms with Gasteiger partial charge in [0, 0.05) is 26.2 Å². The maximum Gasteiger partial charge on any atom is 0.337 e. The number of benzene rings is 1. The van der Waals surface area contributed by atoms with Crippen LogP contribution in [0.15, 0.2) is 35.3 Å². The minimum absolute atomic E-state index is 0.0790. The van der Waals surface area contributed by atoms with Gasteiger partial charge in [0.05, 0.1) is 19.4 Å². The predicted octanol–water partition coefficient (Wildman–Crippen LogP) is 1.88. The molecule has 13 heteroatoms. The number of hydrogen-bond donors (Lipinski definition) is 3. The Balaban J connectivity index is 3.32. The largest absolute Gasteiger partial charge is 0.481 e. The van der Waals surface area contributed by atoms with E-state index in [4.69, 9.17) is 9.94 Å². The summed E-state index contributed by atoms with van der Waals surface area (Å²) in [6.07, 6.45) is 0.889. The van der Waals surface area contributed by atoms with Crippen molar-refractivity contribution in [3.05, 3.63) is 35.9 Å². The zero-order valence-corrected chi connectivity index (χ0v) is 25.2. The Morgan fingerprint density at radius 1 is 0.905 bits per heavy atom. The van der Waals surface area contributed by atoms with Crippen LogP contribution in [0, 0.1) is 11.5 Å². The number of carboxylic acids is 2. The number of aliphatic hydroxyl groups is 1. The van der Waals surface area contributed by atoms with Crippen LogP contribution in [-0.2, 0) is 25.6 Å². The number of hydroxylamine groups is 2. The molecule has 0 fully saturated rings. The lowest BCUT2D eigenvalue weighted by molar-refractivity contribution is -0.181. The van der Waals surface area contributed by atoms with Crippen LogP contribution in [0.1, 0.15) is 52.5 Å². The summed E-state index contributed by atoms with van der Waals surface area (Å²) >= 11 is 0. The first-order chi connectivity index (χ1) is 20.0. The molecule has 0 aromatic heterocycles. The number of rotatable bonds is 19. The monoisotopic (exact) mass is 590 g/mol. The minimum atomic E-state index is -2.90. The minimum Gasteiger partial charge on any atom is -0.481 e. The fraction of sp³-hybridized carbons (Fsp3) is 0.621. The zero-order valence-electron chi connectivity index (χ0n) is 25.2.